The predicted octanol–water partition coefficient (Wildman–Crippen LogP) is 0.336. The molecule has 0 saturated heterocycles. The van der Waals surface area contributed by atoms with Gasteiger partial charge in [0, 0.05) is 25.9 Å². The number of rotatable bonds is 2. The number of anilines is 1. The molecule has 1 amide bonds. The van der Waals surface area contributed by atoms with Gasteiger partial charge in [0.25, 0.3) is 11.5 Å². The number of aromatic nitrogens is 2. The fourth-order valence-corrected chi connectivity index (χ4v) is 1.68. The van der Waals surface area contributed by atoms with Crippen molar-refractivity contribution in [3.8, 4) is 0 Å². The summed E-state index contributed by atoms with van der Waals surface area (Å²) in [5, 5.41) is 2.50. The summed E-state index contributed by atoms with van der Waals surface area (Å²) in [6, 6.07) is 8.53. The zero-order valence-corrected chi connectivity index (χ0v) is 10.6. The van der Waals surface area contributed by atoms with Crippen molar-refractivity contribution in [1.82, 2.24) is 9.13 Å². The van der Waals surface area contributed by atoms with Crippen LogP contribution in [0, 0.1) is 0 Å². The van der Waals surface area contributed by atoms with Crippen LogP contribution in [-0.4, -0.2) is 15.0 Å². The van der Waals surface area contributed by atoms with E-state index in [2.05, 4.69) is 5.32 Å². The standard InChI is InChI=1S/C13H13N3O3/c1-15-8-10(12(18)16(2)13(15)19)14-11(17)9-6-4-3-5-7-9/h3-8H,1-2H3,(H,14,17). The molecule has 1 N–H and O–H groups in total. The van der Waals surface area contributed by atoms with Crippen LogP contribution < -0.4 is 16.6 Å². The van der Waals surface area contributed by atoms with Crippen molar-refractivity contribution in [3.05, 3.63) is 62.9 Å². The van der Waals surface area contributed by atoms with Gasteiger partial charge in [-0.1, -0.05) is 18.2 Å². The van der Waals surface area contributed by atoms with Crippen molar-refractivity contribution in [3.63, 3.8) is 0 Å². The van der Waals surface area contributed by atoms with E-state index in [4.69, 9.17) is 0 Å². The first-order valence-corrected chi connectivity index (χ1v) is 5.64. The molecular weight excluding hydrogens is 246 g/mol. The quantitative estimate of drug-likeness (QED) is 0.845. The molecule has 0 spiro atoms. The van der Waals surface area contributed by atoms with Crippen LogP contribution in [0.2, 0.25) is 0 Å². The molecule has 0 aliphatic carbocycles. The second kappa shape index (κ2) is 4.93. The van der Waals surface area contributed by atoms with Crippen LogP contribution in [0.4, 0.5) is 5.69 Å². The zero-order chi connectivity index (χ0) is 14.0. The van der Waals surface area contributed by atoms with Gasteiger partial charge in [-0.05, 0) is 12.1 Å². The normalized spacial score (nSPS) is 10.2. The first kappa shape index (κ1) is 12.8. The number of nitrogens with one attached hydrogen (secondary N) is 1. The fraction of sp³-hybridized carbons (Fsp3) is 0.154. The van der Waals surface area contributed by atoms with Crippen molar-refractivity contribution < 1.29 is 4.79 Å². The molecule has 19 heavy (non-hydrogen) atoms. The molecule has 6 nitrogen and oxygen atoms in total. The molecule has 0 radical (unpaired) electrons. The molecule has 0 atom stereocenters. The smallest absolute Gasteiger partial charge is 0.316 e. The summed E-state index contributed by atoms with van der Waals surface area (Å²) in [4.78, 5) is 35.3. The molecule has 2 rings (SSSR count). The van der Waals surface area contributed by atoms with Gasteiger partial charge in [0.1, 0.15) is 5.69 Å². The van der Waals surface area contributed by atoms with Gasteiger partial charge >= 0.3 is 5.69 Å². The van der Waals surface area contributed by atoms with E-state index in [0.717, 1.165) is 4.57 Å². The largest absolute Gasteiger partial charge is 0.330 e. The van der Waals surface area contributed by atoms with Crippen LogP contribution in [-0.2, 0) is 14.1 Å². The Morgan fingerprint density at radius 3 is 2.37 bits per heavy atom. The topological polar surface area (TPSA) is 73.1 Å². The summed E-state index contributed by atoms with van der Waals surface area (Å²) in [5.41, 5.74) is -0.466. The minimum Gasteiger partial charge on any atom is -0.316 e. The predicted molar refractivity (Wildman–Crippen MR) is 71.3 cm³/mol. The van der Waals surface area contributed by atoms with Gasteiger partial charge in [0.2, 0.25) is 0 Å². The molecule has 98 valence electrons. The number of hydrogen-bond acceptors (Lipinski definition) is 3. The van der Waals surface area contributed by atoms with E-state index in [9.17, 15) is 14.4 Å². The average molecular weight is 259 g/mol. The number of benzene rings is 1. The van der Waals surface area contributed by atoms with Gasteiger partial charge in [-0.15, -0.1) is 0 Å². The monoisotopic (exact) mass is 259 g/mol. The lowest BCUT2D eigenvalue weighted by Gasteiger charge is -2.08. The number of nitrogens with zero attached hydrogens (tertiary/aromatic N) is 2. The summed E-state index contributed by atoms with van der Waals surface area (Å²) < 4.78 is 2.18. The Morgan fingerprint density at radius 1 is 1.11 bits per heavy atom. The molecule has 2 aromatic rings. The third-order valence-corrected chi connectivity index (χ3v) is 2.73. The SMILES string of the molecule is Cn1cc(NC(=O)c2ccccc2)c(=O)n(C)c1=O. The Kier molecular flexibility index (Phi) is 3.33. The number of carbonyl (C=O) groups excluding carboxylic acids is 1. The highest BCUT2D eigenvalue weighted by atomic mass is 16.2. The Hall–Kier alpha value is -2.63. The van der Waals surface area contributed by atoms with E-state index in [1.54, 1.807) is 30.3 Å². The Bertz CT molecular complexity index is 729. The number of aryl methyl sites for hydroxylation is 1. The molecule has 6 heteroatoms. The third-order valence-electron chi connectivity index (χ3n) is 2.73. The molecule has 1 aromatic heterocycles. The van der Waals surface area contributed by atoms with Crippen molar-refractivity contribution >= 4 is 11.6 Å². The van der Waals surface area contributed by atoms with Crippen LogP contribution in [0.25, 0.3) is 0 Å². The summed E-state index contributed by atoms with van der Waals surface area (Å²) in [6.45, 7) is 0. The van der Waals surface area contributed by atoms with Crippen LogP contribution in [0.15, 0.2) is 46.1 Å². The van der Waals surface area contributed by atoms with Crippen molar-refractivity contribution in [2.75, 3.05) is 5.32 Å². The maximum absolute atomic E-state index is 11.9. The van der Waals surface area contributed by atoms with Crippen LogP contribution in [0.1, 0.15) is 10.4 Å². The van der Waals surface area contributed by atoms with E-state index in [1.807, 2.05) is 0 Å². The van der Waals surface area contributed by atoms with E-state index in [0.29, 0.717) is 5.56 Å². The van der Waals surface area contributed by atoms with Gasteiger partial charge in [0.15, 0.2) is 0 Å². The second-order valence-corrected chi connectivity index (χ2v) is 4.12. The molecule has 0 saturated carbocycles. The zero-order valence-electron chi connectivity index (χ0n) is 10.6. The van der Waals surface area contributed by atoms with Gasteiger partial charge < -0.3 is 9.88 Å². The molecule has 0 fully saturated rings. The van der Waals surface area contributed by atoms with Gasteiger partial charge in [-0.2, -0.15) is 0 Å². The molecule has 0 unspecified atom stereocenters. The van der Waals surface area contributed by atoms with Crippen LogP contribution >= 0.6 is 0 Å². The maximum atomic E-state index is 11.9. The molecular formula is C13H13N3O3. The Balaban J connectivity index is 2.38. The highest BCUT2D eigenvalue weighted by Crippen LogP contribution is 2.03. The van der Waals surface area contributed by atoms with E-state index in [-0.39, 0.29) is 5.69 Å². The van der Waals surface area contributed by atoms with E-state index >= 15 is 0 Å². The summed E-state index contributed by atoms with van der Waals surface area (Å²) in [5.74, 6) is -0.392. The summed E-state index contributed by atoms with van der Waals surface area (Å²) in [6.07, 6.45) is 1.31. The highest BCUT2D eigenvalue weighted by molar-refractivity contribution is 6.04. The molecule has 1 aromatic carbocycles. The van der Waals surface area contributed by atoms with Crippen LogP contribution in [0.3, 0.4) is 0 Å². The maximum Gasteiger partial charge on any atom is 0.330 e. The molecule has 0 aliphatic rings. The lowest BCUT2D eigenvalue weighted by molar-refractivity contribution is 0.102. The lowest BCUT2D eigenvalue weighted by atomic mass is 10.2. The first-order valence-electron chi connectivity index (χ1n) is 5.64. The molecule has 0 aliphatic heterocycles. The minimum atomic E-state index is -0.535. The fourth-order valence-electron chi connectivity index (χ4n) is 1.68. The Labute approximate surface area is 108 Å². The second-order valence-electron chi connectivity index (χ2n) is 4.12. The number of amides is 1. The minimum absolute atomic E-state index is 0.0680. The van der Waals surface area contributed by atoms with Gasteiger partial charge in [-0.3, -0.25) is 14.2 Å². The van der Waals surface area contributed by atoms with Gasteiger partial charge in [-0.25, -0.2) is 4.79 Å². The van der Waals surface area contributed by atoms with E-state index < -0.39 is 17.2 Å². The Morgan fingerprint density at radius 2 is 1.74 bits per heavy atom. The first-order chi connectivity index (χ1) is 9.00. The van der Waals surface area contributed by atoms with Crippen molar-refractivity contribution in [2.24, 2.45) is 14.1 Å². The van der Waals surface area contributed by atoms with Crippen LogP contribution in [0.5, 0.6) is 0 Å². The van der Waals surface area contributed by atoms with Crippen molar-refractivity contribution in [2.45, 2.75) is 0 Å². The average Bonchev–Trinajstić information content (AvgIpc) is 2.43. The molecule has 1 heterocycles. The third kappa shape index (κ3) is 2.47. The van der Waals surface area contributed by atoms with Gasteiger partial charge in [0.05, 0.1) is 0 Å². The van der Waals surface area contributed by atoms with Crippen molar-refractivity contribution in [1.29, 1.82) is 0 Å². The van der Waals surface area contributed by atoms with E-state index in [1.165, 1.54) is 24.9 Å². The summed E-state index contributed by atoms with van der Waals surface area (Å²) >= 11 is 0. The highest BCUT2D eigenvalue weighted by Gasteiger charge is 2.11. The number of carbonyl (C=O) groups is 1. The lowest BCUT2D eigenvalue weighted by Crippen LogP contribution is -2.38. The number of hydrogen-bond donors (Lipinski definition) is 1. The summed E-state index contributed by atoms with van der Waals surface area (Å²) in [7, 11) is 2.88. The molecule has 0 bridgehead atoms.